The van der Waals surface area contributed by atoms with Gasteiger partial charge in [-0.15, -0.1) is 0 Å². The molecule has 1 heterocycles. The molecular weight excluding hydrogens is 344 g/mol. The van der Waals surface area contributed by atoms with E-state index in [-0.39, 0.29) is 10.7 Å². The summed E-state index contributed by atoms with van der Waals surface area (Å²) in [6.07, 6.45) is 2.37. The van der Waals surface area contributed by atoms with Crippen LogP contribution in [0.1, 0.15) is 25.1 Å². The van der Waals surface area contributed by atoms with Crippen LogP contribution in [0.15, 0.2) is 30.6 Å². The highest BCUT2D eigenvalue weighted by Gasteiger charge is 2.11. The van der Waals surface area contributed by atoms with Crippen molar-refractivity contribution in [1.29, 1.82) is 0 Å². The van der Waals surface area contributed by atoms with Crippen LogP contribution in [0.25, 0.3) is 0 Å². The van der Waals surface area contributed by atoms with E-state index in [0.29, 0.717) is 0 Å². The standard InChI is InChI=1S/C16H19BrN4O/c1-4-12-5-6-13(8-14(12)21-16(22)11(3)17)20-15-7-10(2)18-9-19-15/h5-9,11H,4H2,1-3H3,(H,21,22)(H,18,19,20). The Balaban J connectivity index is 2.24. The van der Waals surface area contributed by atoms with E-state index in [2.05, 4.69) is 43.5 Å². The highest BCUT2D eigenvalue weighted by atomic mass is 79.9. The molecule has 0 spiro atoms. The Labute approximate surface area is 138 Å². The van der Waals surface area contributed by atoms with Crippen molar-refractivity contribution in [2.75, 3.05) is 10.6 Å². The third-order valence-corrected chi connectivity index (χ3v) is 3.60. The van der Waals surface area contributed by atoms with Crippen molar-refractivity contribution >= 4 is 39.0 Å². The Kier molecular flexibility index (Phi) is 5.49. The molecule has 0 aliphatic carbocycles. The van der Waals surface area contributed by atoms with Gasteiger partial charge in [-0.3, -0.25) is 4.79 Å². The molecule has 2 rings (SSSR count). The Morgan fingerprint density at radius 1 is 1.32 bits per heavy atom. The number of amides is 1. The number of alkyl halides is 1. The van der Waals surface area contributed by atoms with Crippen LogP contribution in [0.4, 0.5) is 17.2 Å². The van der Waals surface area contributed by atoms with Crippen molar-refractivity contribution < 1.29 is 4.79 Å². The molecule has 0 aliphatic rings. The van der Waals surface area contributed by atoms with E-state index >= 15 is 0 Å². The van der Waals surface area contributed by atoms with Gasteiger partial charge < -0.3 is 10.6 Å². The van der Waals surface area contributed by atoms with E-state index in [1.54, 1.807) is 6.92 Å². The maximum absolute atomic E-state index is 11.9. The summed E-state index contributed by atoms with van der Waals surface area (Å²) < 4.78 is 0. The van der Waals surface area contributed by atoms with Crippen molar-refractivity contribution in [2.45, 2.75) is 32.0 Å². The van der Waals surface area contributed by atoms with Gasteiger partial charge in [0, 0.05) is 23.1 Å². The molecule has 0 aliphatic heterocycles. The molecule has 116 valence electrons. The summed E-state index contributed by atoms with van der Waals surface area (Å²) in [5, 5.41) is 6.16. The van der Waals surface area contributed by atoms with Crippen LogP contribution < -0.4 is 10.6 Å². The molecule has 0 bridgehead atoms. The first-order valence-electron chi connectivity index (χ1n) is 7.13. The average Bonchev–Trinajstić information content (AvgIpc) is 2.47. The molecule has 6 heteroatoms. The number of anilines is 3. The Bertz CT molecular complexity index is 673. The zero-order chi connectivity index (χ0) is 16.1. The Hall–Kier alpha value is -1.95. The van der Waals surface area contributed by atoms with Crippen molar-refractivity contribution in [1.82, 2.24) is 9.97 Å². The molecule has 5 nitrogen and oxygen atoms in total. The highest BCUT2D eigenvalue weighted by Crippen LogP contribution is 2.24. The second-order valence-electron chi connectivity index (χ2n) is 5.00. The van der Waals surface area contributed by atoms with E-state index < -0.39 is 0 Å². The Morgan fingerprint density at radius 2 is 2.09 bits per heavy atom. The van der Waals surface area contributed by atoms with E-state index in [0.717, 1.165) is 34.9 Å². The normalized spacial score (nSPS) is 11.8. The van der Waals surface area contributed by atoms with Crippen LogP contribution in [0.3, 0.4) is 0 Å². The predicted octanol–water partition coefficient (Wildman–Crippen LogP) is 3.81. The molecule has 0 fully saturated rings. The number of aromatic nitrogens is 2. The van der Waals surface area contributed by atoms with E-state index in [9.17, 15) is 4.79 Å². The summed E-state index contributed by atoms with van der Waals surface area (Å²) in [5.74, 6) is 0.660. The van der Waals surface area contributed by atoms with Crippen LogP contribution in [-0.4, -0.2) is 20.7 Å². The summed E-state index contributed by atoms with van der Waals surface area (Å²) in [5.41, 5.74) is 3.66. The lowest BCUT2D eigenvalue weighted by Crippen LogP contribution is -2.20. The number of hydrogen-bond acceptors (Lipinski definition) is 4. The van der Waals surface area contributed by atoms with Crippen LogP contribution in [0, 0.1) is 6.92 Å². The van der Waals surface area contributed by atoms with Gasteiger partial charge in [-0.05, 0) is 38.0 Å². The lowest BCUT2D eigenvalue weighted by Gasteiger charge is -2.14. The fourth-order valence-corrected chi connectivity index (χ4v) is 2.10. The number of carbonyl (C=O) groups excluding carboxylic acids is 1. The number of carbonyl (C=O) groups is 1. The summed E-state index contributed by atoms with van der Waals surface area (Å²) in [4.78, 5) is 19.9. The van der Waals surface area contributed by atoms with E-state index in [1.165, 1.54) is 6.33 Å². The summed E-state index contributed by atoms with van der Waals surface area (Å²) >= 11 is 3.28. The number of rotatable bonds is 5. The van der Waals surface area contributed by atoms with Crippen molar-refractivity contribution in [2.24, 2.45) is 0 Å². The molecule has 2 aromatic rings. The maximum Gasteiger partial charge on any atom is 0.237 e. The molecule has 1 aromatic heterocycles. The number of nitrogens with one attached hydrogen (secondary N) is 2. The van der Waals surface area contributed by atoms with Gasteiger partial charge in [-0.25, -0.2) is 9.97 Å². The molecule has 0 radical (unpaired) electrons. The summed E-state index contributed by atoms with van der Waals surface area (Å²) in [6, 6.07) is 7.77. The van der Waals surface area contributed by atoms with E-state index in [4.69, 9.17) is 0 Å². The largest absolute Gasteiger partial charge is 0.340 e. The fourth-order valence-electron chi connectivity index (χ4n) is 1.98. The SMILES string of the molecule is CCc1ccc(Nc2cc(C)ncn2)cc1NC(=O)C(C)Br. The van der Waals surface area contributed by atoms with Crippen molar-refractivity contribution in [3.63, 3.8) is 0 Å². The molecule has 1 aromatic carbocycles. The zero-order valence-electron chi connectivity index (χ0n) is 12.9. The van der Waals surface area contributed by atoms with E-state index in [1.807, 2.05) is 31.2 Å². The number of hydrogen-bond donors (Lipinski definition) is 2. The summed E-state index contributed by atoms with van der Waals surface area (Å²) in [6.45, 7) is 5.77. The zero-order valence-corrected chi connectivity index (χ0v) is 14.4. The first-order valence-corrected chi connectivity index (χ1v) is 8.04. The fraction of sp³-hybridized carbons (Fsp3) is 0.312. The van der Waals surface area contributed by atoms with Gasteiger partial charge in [0.2, 0.25) is 5.91 Å². The number of benzene rings is 1. The molecular formula is C16H19BrN4O. The minimum absolute atomic E-state index is 0.0651. The molecule has 22 heavy (non-hydrogen) atoms. The third kappa shape index (κ3) is 4.27. The van der Waals surface area contributed by atoms with Gasteiger partial charge in [0.1, 0.15) is 12.1 Å². The molecule has 1 atom stereocenters. The van der Waals surface area contributed by atoms with Crippen LogP contribution in [0.5, 0.6) is 0 Å². The quantitative estimate of drug-likeness (QED) is 0.793. The molecule has 1 unspecified atom stereocenters. The van der Waals surface area contributed by atoms with Crippen molar-refractivity contribution in [3.8, 4) is 0 Å². The van der Waals surface area contributed by atoms with Gasteiger partial charge in [-0.2, -0.15) is 0 Å². The lowest BCUT2D eigenvalue weighted by molar-refractivity contribution is -0.115. The topological polar surface area (TPSA) is 66.9 Å². The second-order valence-corrected chi connectivity index (χ2v) is 6.37. The monoisotopic (exact) mass is 362 g/mol. The Morgan fingerprint density at radius 3 is 2.73 bits per heavy atom. The maximum atomic E-state index is 11.9. The number of nitrogens with zero attached hydrogens (tertiary/aromatic N) is 2. The molecule has 1 amide bonds. The van der Waals surface area contributed by atoms with Crippen molar-refractivity contribution in [3.05, 3.63) is 41.9 Å². The summed E-state index contributed by atoms with van der Waals surface area (Å²) in [7, 11) is 0. The lowest BCUT2D eigenvalue weighted by atomic mass is 10.1. The second kappa shape index (κ2) is 7.35. The first-order chi connectivity index (χ1) is 10.5. The van der Waals surface area contributed by atoms with Gasteiger partial charge in [0.15, 0.2) is 0 Å². The molecule has 2 N–H and O–H groups in total. The highest BCUT2D eigenvalue weighted by molar-refractivity contribution is 9.10. The van der Waals surface area contributed by atoms with Crippen LogP contribution >= 0.6 is 15.9 Å². The number of aryl methyl sites for hydroxylation is 2. The van der Waals surface area contributed by atoms with Gasteiger partial charge >= 0.3 is 0 Å². The minimum Gasteiger partial charge on any atom is -0.340 e. The van der Waals surface area contributed by atoms with Gasteiger partial charge in [0.05, 0.1) is 4.83 Å². The van der Waals surface area contributed by atoms with Gasteiger partial charge in [0.25, 0.3) is 0 Å². The first kappa shape index (κ1) is 16.4. The van der Waals surface area contributed by atoms with Crippen LogP contribution in [0.2, 0.25) is 0 Å². The molecule has 0 saturated heterocycles. The van der Waals surface area contributed by atoms with Gasteiger partial charge in [-0.1, -0.05) is 28.9 Å². The minimum atomic E-state index is -0.238. The number of halogens is 1. The third-order valence-electron chi connectivity index (χ3n) is 3.19. The predicted molar refractivity (Wildman–Crippen MR) is 92.9 cm³/mol. The smallest absolute Gasteiger partial charge is 0.237 e. The molecule has 0 saturated carbocycles. The van der Waals surface area contributed by atoms with Crippen LogP contribution in [-0.2, 0) is 11.2 Å². The average molecular weight is 363 g/mol.